The van der Waals surface area contributed by atoms with Crippen molar-refractivity contribution in [1.82, 2.24) is 15.1 Å². The fraction of sp³-hybridized carbons (Fsp3) is 0.895. The molecule has 0 aromatic rings. The highest BCUT2D eigenvalue weighted by Crippen LogP contribution is 2.18. The summed E-state index contributed by atoms with van der Waals surface area (Å²) in [6.45, 7) is 10.9. The van der Waals surface area contributed by atoms with Crippen LogP contribution in [0.3, 0.4) is 0 Å². The van der Waals surface area contributed by atoms with E-state index in [9.17, 15) is 4.79 Å². The van der Waals surface area contributed by atoms with Gasteiger partial charge >= 0.3 is 5.97 Å². The minimum atomic E-state index is -0.0676. The van der Waals surface area contributed by atoms with Crippen LogP contribution in [-0.2, 0) is 9.53 Å². The summed E-state index contributed by atoms with van der Waals surface area (Å²) in [5.74, 6) is 1.71. The number of rotatable bonds is 6. The van der Waals surface area contributed by atoms with Gasteiger partial charge in [0, 0.05) is 26.7 Å². The molecule has 1 atom stereocenters. The van der Waals surface area contributed by atoms with Crippen molar-refractivity contribution in [2.75, 3.05) is 52.9 Å². The molecule has 0 aromatic heterocycles. The molecular formula is C19H36N4O2. The third-order valence-electron chi connectivity index (χ3n) is 5.36. The predicted octanol–water partition coefficient (Wildman–Crippen LogP) is 1.96. The molecule has 0 bridgehead atoms. The highest BCUT2D eigenvalue weighted by Gasteiger charge is 2.28. The maximum absolute atomic E-state index is 12.0. The second-order valence-corrected chi connectivity index (χ2v) is 7.39. The number of nitrogens with zero attached hydrogens (tertiary/aromatic N) is 3. The molecule has 2 aliphatic heterocycles. The summed E-state index contributed by atoms with van der Waals surface area (Å²) >= 11 is 0. The van der Waals surface area contributed by atoms with Gasteiger partial charge in [0.25, 0.3) is 0 Å². The van der Waals surface area contributed by atoms with Gasteiger partial charge in [0.15, 0.2) is 5.96 Å². The number of carbonyl (C=O) groups excluding carboxylic acids is 1. The van der Waals surface area contributed by atoms with Crippen molar-refractivity contribution in [3.63, 3.8) is 0 Å². The number of ether oxygens (including phenoxy) is 1. The van der Waals surface area contributed by atoms with Gasteiger partial charge < -0.3 is 19.9 Å². The third-order valence-corrected chi connectivity index (χ3v) is 5.36. The first-order valence-electron chi connectivity index (χ1n) is 9.98. The minimum absolute atomic E-state index is 0.0254. The zero-order valence-electron chi connectivity index (χ0n) is 16.3. The van der Waals surface area contributed by atoms with Crippen LogP contribution in [0, 0.1) is 11.8 Å². The summed E-state index contributed by atoms with van der Waals surface area (Å²) in [6, 6.07) is 0. The third kappa shape index (κ3) is 6.49. The van der Waals surface area contributed by atoms with Gasteiger partial charge in [-0.1, -0.05) is 6.92 Å². The molecular weight excluding hydrogens is 316 g/mol. The van der Waals surface area contributed by atoms with Gasteiger partial charge in [-0.15, -0.1) is 0 Å². The Hall–Kier alpha value is -1.30. The molecule has 0 aromatic carbocycles. The molecule has 144 valence electrons. The van der Waals surface area contributed by atoms with Crippen LogP contribution in [0.1, 0.15) is 46.0 Å². The lowest BCUT2D eigenvalue weighted by molar-refractivity contribution is -0.149. The van der Waals surface area contributed by atoms with Crippen molar-refractivity contribution < 1.29 is 9.53 Å². The number of guanidine groups is 1. The van der Waals surface area contributed by atoms with Crippen molar-refractivity contribution in [1.29, 1.82) is 0 Å². The fourth-order valence-corrected chi connectivity index (χ4v) is 3.74. The van der Waals surface area contributed by atoms with Crippen molar-refractivity contribution in [3.8, 4) is 0 Å². The van der Waals surface area contributed by atoms with Crippen LogP contribution in [0.25, 0.3) is 0 Å². The maximum atomic E-state index is 12.0. The SMILES string of the molecule is CCOC(=O)C1CCCN(C(=NC)NCCCN2CCC(C)CC2)C1. The number of hydrogen-bond donors (Lipinski definition) is 1. The fourth-order valence-electron chi connectivity index (χ4n) is 3.74. The zero-order chi connectivity index (χ0) is 18.1. The highest BCUT2D eigenvalue weighted by molar-refractivity contribution is 5.81. The summed E-state index contributed by atoms with van der Waals surface area (Å²) in [7, 11) is 1.82. The first-order valence-corrected chi connectivity index (χ1v) is 9.98. The number of carbonyl (C=O) groups is 1. The smallest absolute Gasteiger partial charge is 0.310 e. The molecule has 6 nitrogen and oxygen atoms in total. The van der Waals surface area contributed by atoms with E-state index in [0.717, 1.165) is 50.8 Å². The molecule has 0 radical (unpaired) electrons. The lowest BCUT2D eigenvalue weighted by Crippen LogP contribution is -2.48. The van der Waals surface area contributed by atoms with Gasteiger partial charge in [-0.2, -0.15) is 0 Å². The first kappa shape index (κ1) is 20.0. The Kier molecular flexibility index (Phi) is 8.52. The Balaban J connectivity index is 1.69. The number of nitrogens with one attached hydrogen (secondary N) is 1. The average molecular weight is 353 g/mol. The standard InChI is InChI=1S/C19H36N4O2/c1-4-25-18(24)17-7-5-12-23(15-17)19(20-3)21-10-6-11-22-13-8-16(2)9-14-22/h16-17H,4-15H2,1-3H3,(H,20,21). The zero-order valence-corrected chi connectivity index (χ0v) is 16.3. The monoisotopic (exact) mass is 352 g/mol. The molecule has 2 saturated heterocycles. The van der Waals surface area contributed by atoms with Gasteiger partial charge in [-0.3, -0.25) is 9.79 Å². The molecule has 1 unspecified atom stereocenters. The normalized spacial score (nSPS) is 23.6. The molecule has 2 aliphatic rings. The predicted molar refractivity (Wildman–Crippen MR) is 102 cm³/mol. The molecule has 2 rings (SSSR count). The van der Waals surface area contributed by atoms with E-state index < -0.39 is 0 Å². The molecule has 0 spiro atoms. The van der Waals surface area contributed by atoms with E-state index in [0.29, 0.717) is 13.2 Å². The van der Waals surface area contributed by atoms with Crippen molar-refractivity contribution >= 4 is 11.9 Å². The van der Waals surface area contributed by atoms with Gasteiger partial charge in [-0.25, -0.2) is 0 Å². The Bertz CT molecular complexity index is 433. The van der Waals surface area contributed by atoms with Crippen LogP contribution in [0.4, 0.5) is 0 Å². The van der Waals surface area contributed by atoms with Crippen molar-refractivity contribution in [2.45, 2.75) is 46.0 Å². The molecule has 0 aliphatic carbocycles. The Labute approximate surface area is 153 Å². The van der Waals surface area contributed by atoms with E-state index in [2.05, 4.69) is 27.0 Å². The van der Waals surface area contributed by atoms with Gasteiger partial charge in [0.2, 0.25) is 0 Å². The van der Waals surface area contributed by atoms with Gasteiger partial charge in [0.05, 0.1) is 12.5 Å². The summed E-state index contributed by atoms with van der Waals surface area (Å²) in [6.07, 6.45) is 5.72. The van der Waals surface area contributed by atoms with Gasteiger partial charge in [-0.05, 0) is 64.6 Å². The summed E-state index contributed by atoms with van der Waals surface area (Å²) < 4.78 is 5.18. The van der Waals surface area contributed by atoms with Crippen LogP contribution in [0.5, 0.6) is 0 Å². The average Bonchev–Trinajstić information content (AvgIpc) is 2.63. The lowest BCUT2D eigenvalue weighted by Gasteiger charge is -2.34. The quantitative estimate of drug-likeness (QED) is 0.343. The van der Waals surface area contributed by atoms with Crippen molar-refractivity contribution in [2.24, 2.45) is 16.8 Å². The van der Waals surface area contributed by atoms with Crippen molar-refractivity contribution in [3.05, 3.63) is 0 Å². The second-order valence-electron chi connectivity index (χ2n) is 7.39. The summed E-state index contributed by atoms with van der Waals surface area (Å²) in [5, 5.41) is 3.48. The molecule has 1 N–H and O–H groups in total. The van der Waals surface area contributed by atoms with Crippen LogP contribution in [0.2, 0.25) is 0 Å². The highest BCUT2D eigenvalue weighted by atomic mass is 16.5. The Morgan fingerprint density at radius 1 is 1.24 bits per heavy atom. The first-order chi connectivity index (χ1) is 12.1. The molecule has 6 heteroatoms. The second kappa shape index (κ2) is 10.6. The Morgan fingerprint density at radius 3 is 2.68 bits per heavy atom. The largest absolute Gasteiger partial charge is 0.466 e. The van der Waals surface area contributed by atoms with Crippen LogP contribution < -0.4 is 5.32 Å². The number of piperidine rings is 2. The van der Waals surface area contributed by atoms with E-state index in [4.69, 9.17) is 4.74 Å². The van der Waals surface area contributed by atoms with E-state index in [1.807, 2.05) is 14.0 Å². The molecule has 0 amide bonds. The Morgan fingerprint density at radius 2 is 2.00 bits per heavy atom. The van der Waals surface area contributed by atoms with E-state index in [1.165, 1.54) is 25.9 Å². The van der Waals surface area contributed by atoms with E-state index in [1.54, 1.807) is 0 Å². The maximum Gasteiger partial charge on any atom is 0.310 e. The lowest BCUT2D eigenvalue weighted by atomic mass is 9.98. The van der Waals surface area contributed by atoms with Crippen LogP contribution >= 0.6 is 0 Å². The summed E-state index contributed by atoms with van der Waals surface area (Å²) in [5.41, 5.74) is 0. The number of hydrogen-bond acceptors (Lipinski definition) is 4. The van der Waals surface area contributed by atoms with Crippen LogP contribution in [0.15, 0.2) is 4.99 Å². The summed E-state index contributed by atoms with van der Waals surface area (Å²) in [4.78, 5) is 21.2. The number of aliphatic imine (C=N–C) groups is 1. The molecule has 2 fully saturated rings. The van der Waals surface area contributed by atoms with Gasteiger partial charge in [0.1, 0.15) is 0 Å². The molecule has 2 heterocycles. The number of esters is 1. The van der Waals surface area contributed by atoms with Crippen LogP contribution in [-0.4, -0.2) is 74.7 Å². The van der Waals surface area contributed by atoms with E-state index in [-0.39, 0.29) is 11.9 Å². The number of likely N-dealkylation sites (tertiary alicyclic amines) is 2. The molecule has 25 heavy (non-hydrogen) atoms. The minimum Gasteiger partial charge on any atom is -0.466 e. The van der Waals surface area contributed by atoms with E-state index >= 15 is 0 Å². The topological polar surface area (TPSA) is 57.2 Å². The molecule has 0 saturated carbocycles.